The number of nitrogens with one attached hydrogen (secondary N) is 1. The second kappa shape index (κ2) is 6.71. The molecule has 1 aliphatic carbocycles. The number of ether oxygens (including phenoxy) is 1. The molecule has 0 atom stereocenters. The van der Waals surface area contributed by atoms with Crippen LogP contribution in [0.5, 0.6) is 0 Å². The SMILES string of the molecule is CCOC(=O)C1(N2CCCNCC2)CCC(C)CC1. The lowest BCUT2D eigenvalue weighted by molar-refractivity contribution is -0.161. The van der Waals surface area contributed by atoms with Gasteiger partial charge in [0.2, 0.25) is 0 Å². The summed E-state index contributed by atoms with van der Waals surface area (Å²) in [6.07, 6.45) is 5.34. The van der Waals surface area contributed by atoms with Gasteiger partial charge in [-0.3, -0.25) is 9.69 Å². The van der Waals surface area contributed by atoms with Gasteiger partial charge in [-0.1, -0.05) is 6.92 Å². The first-order chi connectivity index (χ1) is 9.19. The van der Waals surface area contributed by atoms with Crippen LogP contribution in [0.1, 0.15) is 46.0 Å². The highest BCUT2D eigenvalue weighted by atomic mass is 16.5. The van der Waals surface area contributed by atoms with Crippen LogP contribution < -0.4 is 5.32 Å². The quantitative estimate of drug-likeness (QED) is 0.793. The van der Waals surface area contributed by atoms with Gasteiger partial charge in [-0.2, -0.15) is 0 Å². The van der Waals surface area contributed by atoms with Crippen molar-refractivity contribution in [3.8, 4) is 0 Å². The highest BCUT2D eigenvalue weighted by Crippen LogP contribution is 2.37. The van der Waals surface area contributed by atoms with Gasteiger partial charge in [0.25, 0.3) is 0 Å². The van der Waals surface area contributed by atoms with E-state index in [4.69, 9.17) is 4.74 Å². The molecular formula is C15H28N2O2. The number of nitrogens with zero attached hydrogens (tertiary/aromatic N) is 1. The Hall–Kier alpha value is -0.610. The third-order valence-corrected chi connectivity index (χ3v) is 4.70. The lowest BCUT2D eigenvalue weighted by atomic mass is 9.75. The second-order valence-electron chi connectivity index (χ2n) is 6.03. The zero-order valence-corrected chi connectivity index (χ0v) is 12.4. The summed E-state index contributed by atoms with van der Waals surface area (Å²) in [4.78, 5) is 15.0. The van der Waals surface area contributed by atoms with Crippen LogP contribution in [0.25, 0.3) is 0 Å². The summed E-state index contributed by atoms with van der Waals surface area (Å²) in [6, 6.07) is 0. The molecule has 2 rings (SSSR count). The minimum Gasteiger partial charge on any atom is -0.465 e. The van der Waals surface area contributed by atoms with Crippen LogP contribution >= 0.6 is 0 Å². The van der Waals surface area contributed by atoms with Crippen LogP contribution in [0.15, 0.2) is 0 Å². The van der Waals surface area contributed by atoms with Gasteiger partial charge in [0.05, 0.1) is 6.61 Å². The number of esters is 1. The van der Waals surface area contributed by atoms with Gasteiger partial charge in [0.15, 0.2) is 0 Å². The second-order valence-corrected chi connectivity index (χ2v) is 6.03. The lowest BCUT2D eigenvalue weighted by Crippen LogP contribution is -2.58. The molecule has 0 aromatic rings. The Morgan fingerprint density at radius 2 is 2.05 bits per heavy atom. The van der Waals surface area contributed by atoms with Crippen molar-refractivity contribution in [2.75, 3.05) is 32.8 Å². The van der Waals surface area contributed by atoms with E-state index >= 15 is 0 Å². The first kappa shape index (κ1) is 14.8. The molecule has 1 N–H and O–H groups in total. The first-order valence-electron chi connectivity index (χ1n) is 7.82. The normalized spacial score (nSPS) is 33.7. The van der Waals surface area contributed by atoms with Crippen molar-refractivity contribution in [1.29, 1.82) is 0 Å². The van der Waals surface area contributed by atoms with Gasteiger partial charge in [0, 0.05) is 19.6 Å². The predicted octanol–water partition coefficient (Wildman–Crippen LogP) is 1.79. The largest absolute Gasteiger partial charge is 0.465 e. The molecule has 4 nitrogen and oxygen atoms in total. The minimum atomic E-state index is -0.339. The van der Waals surface area contributed by atoms with Gasteiger partial charge >= 0.3 is 5.97 Å². The molecule has 0 unspecified atom stereocenters. The lowest BCUT2D eigenvalue weighted by Gasteiger charge is -2.45. The summed E-state index contributed by atoms with van der Waals surface area (Å²) < 4.78 is 5.41. The average molecular weight is 268 g/mol. The fourth-order valence-corrected chi connectivity index (χ4v) is 3.43. The molecule has 2 fully saturated rings. The summed E-state index contributed by atoms with van der Waals surface area (Å²) in [7, 11) is 0. The van der Waals surface area contributed by atoms with Crippen LogP contribution in [0, 0.1) is 5.92 Å². The molecule has 0 amide bonds. The van der Waals surface area contributed by atoms with Crippen molar-refractivity contribution in [3.05, 3.63) is 0 Å². The number of carbonyl (C=O) groups excluding carboxylic acids is 1. The first-order valence-corrected chi connectivity index (χ1v) is 7.82. The Bertz CT molecular complexity index is 291. The molecule has 1 saturated heterocycles. The van der Waals surface area contributed by atoms with Crippen LogP contribution in [0.4, 0.5) is 0 Å². The Morgan fingerprint density at radius 1 is 1.32 bits per heavy atom. The van der Waals surface area contributed by atoms with Crippen molar-refractivity contribution in [3.63, 3.8) is 0 Å². The van der Waals surface area contributed by atoms with Crippen LogP contribution in [0.3, 0.4) is 0 Å². The summed E-state index contributed by atoms with van der Waals surface area (Å²) >= 11 is 0. The molecule has 0 aromatic heterocycles. The number of rotatable bonds is 3. The zero-order chi connectivity index (χ0) is 13.7. The maximum absolute atomic E-state index is 12.6. The molecule has 0 aromatic carbocycles. The molecule has 4 heteroatoms. The zero-order valence-electron chi connectivity index (χ0n) is 12.4. The standard InChI is InChI=1S/C15H28N2O2/c1-3-19-14(18)15(7-5-13(2)6-8-15)17-11-4-9-16-10-12-17/h13,16H,3-12H2,1-2H3. The molecule has 110 valence electrons. The van der Waals surface area contributed by atoms with Crippen molar-refractivity contribution in [2.45, 2.75) is 51.5 Å². The van der Waals surface area contributed by atoms with E-state index in [-0.39, 0.29) is 11.5 Å². The van der Waals surface area contributed by atoms with E-state index in [9.17, 15) is 4.79 Å². The average Bonchev–Trinajstić information content (AvgIpc) is 2.69. The highest BCUT2D eigenvalue weighted by molar-refractivity contribution is 5.81. The molecule has 19 heavy (non-hydrogen) atoms. The monoisotopic (exact) mass is 268 g/mol. The number of carbonyl (C=O) groups is 1. The fraction of sp³-hybridized carbons (Fsp3) is 0.933. The highest BCUT2D eigenvalue weighted by Gasteiger charge is 2.46. The van der Waals surface area contributed by atoms with E-state index in [1.54, 1.807) is 0 Å². The minimum absolute atomic E-state index is 0.0174. The molecule has 1 saturated carbocycles. The Kier molecular flexibility index (Phi) is 5.22. The molecule has 1 heterocycles. The smallest absolute Gasteiger partial charge is 0.326 e. The summed E-state index contributed by atoms with van der Waals surface area (Å²) in [5.41, 5.74) is -0.339. The fourth-order valence-electron chi connectivity index (χ4n) is 3.43. The van der Waals surface area contributed by atoms with Gasteiger partial charge in [-0.25, -0.2) is 0 Å². The molecule has 0 spiro atoms. The van der Waals surface area contributed by atoms with Crippen molar-refractivity contribution >= 4 is 5.97 Å². The maximum Gasteiger partial charge on any atom is 0.326 e. The third-order valence-electron chi connectivity index (χ3n) is 4.70. The summed E-state index contributed by atoms with van der Waals surface area (Å²) in [5.74, 6) is 0.761. The van der Waals surface area contributed by atoms with Crippen LogP contribution in [0.2, 0.25) is 0 Å². The van der Waals surface area contributed by atoms with E-state index in [2.05, 4.69) is 17.1 Å². The summed E-state index contributed by atoms with van der Waals surface area (Å²) in [5, 5.41) is 3.42. The van der Waals surface area contributed by atoms with Gasteiger partial charge in [0.1, 0.15) is 5.54 Å². The van der Waals surface area contributed by atoms with E-state index < -0.39 is 0 Å². The van der Waals surface area contributed by atoms with Crippen molar-refractivity contribution < 1.29 is 9.53 Å². The Labute approximate surface area is 116 Å². The van der Waals surface area contributed by atoms with Gasteiger partial charge in [-0.05, 0) is 51.5 Å². The molecule has 0 bridgehead atoms. The third kappa shape index (κ3) is 3.29. The van der Waals surface area contributed by atoms with Crippen LogP contribution in [-0.4, -0.2) is 49.2 Å². The number of hydrogen-bond acceptors (Lipinski definition) is 4. The number of hydrogen-bond donors (Lipinski definition) is 1. The van der Waals surface area contributed by atoms with E-state index in [1.807, 2.05) is 6.92 Å². The van der Waals surface area contributed by atoms with Crippen LogP contribution in [-0.2, 0) is 9.53 Å². The van der Waals surface area contributed by atoms with E-state index in [0.717, 1.165) is 64.2 Å². The topological polar surface area (TPSA) is 41.6 Å². The van der Waals surface area contributed by atoms with Crippen molar-refractivity contribution in [2.24, 2.45) is 5.92 Å². The molecule has 2 aliphatic rings. The Balaban J connectivity index is 2.14. The van der Waals surface area contributed by atoms with Crippen molar-refractivity contribution in [1.82, 2.24) is 10.2 Å². The molecule has 1 aliphatic heterocycles. The molecular weight excluding hydrogens is 240 g/mol. The van der Waals surface area contributed by atoms with E-state index in [0.29, 0.717) is 6.61 Å². The summed E-state index contributed by atoms with van der Waals surface area (Å²) in [6.45, 7) is 8.71. The van der Waals surface area contributed by atoms with Gasteiger partial charge < -0.3 is 10.1 Å². The molecule has 0 radical (unpaired) electrons. The predicted molar refractivity (Wildman–Crippen MR) is 76.1 cm³/mol. The maximum atomic E-state index is 12.6. The Morgan fingerprint density at radius 3 is 2.74 bits per heavy atom. The van der Waals surface area contributed by atoms with Gasteiger partial charge in [-0.15, -0.1) is 0 Å². The van der Waals surface area contributed by atoms with E-state index in [1.165, 1.54) is 0 Å².